The molecule has 5 aromatic rings. The van der Waals surface area contributed by atoms with Crippen LogP contribution in [0, 0.1) is 0 Å². The van der Waals surface area contributed by atoms with Gasteiger partial charge in [0.1, 0.15) is 0 Å². The monoisotopic (exact) mass is 409 g/mol. The average Bonchev–Trinajstić information content (AvgIpc) is 3.24. The van der Waals surface area contributed by atoms with E-state index in [9.17, 15) is 0 Å². The van der Waals surface area contributed by atoms with Crippen LogP contribution in [0.3, 0.4) is 0 Å². The summed E-state index contributed by atoms with van der Waals surface area (Å²) in [5.74, 6) is 0. The SMILES string of the molecule is c1ccc(N(c2ccccc2)c2ccc(-c3ccc4c(c3)-c3ccccc3C4)cc2)cc1. The lowest BCUT2D eigenvalue weighted by Gasteiger charge is -2.25. The van der Waals surface area contributed by atoms with Crippen molar-refractivity contribution in [1.82, 2.24) is 0 Å². The zero-order valence-corrected chi connectivity index (χ0v) is 17.8. The van der Waals surface area contributed by atoms with E-state index in [0.29, 0.717) is 0 Å². The lowest BCUT2D eigenvalue weighted by atomic mass is 9.98. The molecule has 0 saturated carbocycles. The second-order valence-corrected chi connectivity index (χ2v) is 8.26. The van der Waals surface area contributed by atoms with Gasteiger partial charge in [0.25, 0.3) is 0 Å². The van der Waals surface area contributed by atoms with Crippen molar-refractivity contribution in [2.45, 2.75) is 6.42 Å². The fourth-order valence-corrected chi connectivity index (χ4v) is 4.71. The number of anilines is 3. The summed E-state index contributed by atoms with van der Waals surface area (Å²) in [6, 6.07) is 45.6. The van der Waals surface area contributed by atoms with Crippen molar-refractivity contribution >= 4 is 17.1 Å². The lowest BCUT2D eigenvalue weighted by Crippen LogP contribution is -2.09. The molecule has 32 heavy (non-hydrogen) atoms. The van der Waals surface area contributed by atoms with Gasteiger partial charge in [0, 0.05) is 17.1 Å². The number of para-hydroxylation sites is 2. The number of benzene rings is 5. The molecule has 1 aliphatic rings. The summed E-state index contributed by atoms with van der Waals surface area (Å²) in [6.45, 7) is 0. The Hall–Kier alpha value is -4.10. The molecule has 5 aromatic carbocycles. The zero-order chi connectivity index (χ0) is 21.3. The summed E-state index contributed by atoms with van der Waals surface area (Å²) in [5, 5.41) is 0. The van der Waals surface area contributed by atoms with Gasteiger partial charge in [0.15, 0.2) is 0 Å². The van der Waals surface area contributed by atoms with Crippen LogP contribution in [0.2, 0.25) is 0 Å². The standard InChI is InChI=1S/C31H23N/c1-3-10-27(11-4-1)32(28-12-5-2-6-13-28)29-19-17-23(18-20-29)24-15-16-26-21-25-9-7-8-14-30(25)31(26)22-24/h1-20,22H,21H2. The Morgan fingerprint density at radius 1 is 0.406 bits per heavy atom. The highest BCUT2D eigenvalue weighted by atomic mass is 15.1. The minimum Gasteiger partial charge on any atom is -0.311 e. The molecule has 6 rings (SSSR count). The predicted molar refractivity (Wildman–Crippen MR) is 135 cm³/mol. The molecule has 0 N–H and O–H groups in total. The second-order valence-electron chi connectivity index (χ2n) is 8.26. The van der Waals surface area contributed by atoms with Crippen LogP contribution in [0.25, 0.3) is 22.3 Å². The highest BCUT2D eigenvalue weighted by molar-refractivity contribution is 5.83. The fourth-order valence-electron chi connectivity index (χ4n) is 4.71. The molecular weight excluding hydrogens is 386 g/mol. The normalized spacial score (nSPS) is 11.6. The van der Waals surface area contributed by atoms with E-state index in [4.69, 9.17) is 0 Å². The topological polar surface area (TPSA) is 3.24 Å². The number of nitrogens with zero attached hydrogens (tertiary/aromatic N) is 1. The third kappa shape index (κ3) is 3.29. The first-order valence-corrected chi connectivity index (χ1v) is 11.1. The molecule has 0 radical (unpaired) electrons. The van der Waals surface area contributed by atoms with E-state index < -0.39 is 0 Å². The Kier molecular flexibility index (Phi) is 4.58. The first-order chi connectivity index (χ1) is 15.9. The van der Waals surface area contributed by atoms with E-state index in [0.717, 1.165) is 23.5 Å². The van der Waals surface area contributed by atoms with Crippen LogP contribution in [0.4, 0.5) is 17.1 Å². The molecule has 0 atom stereocenters. The van der Waals surface area contributed by atoms with Gasteiger partial charge in [-0.25, -0.2) is 0 Å². The van der Waals surface area contributed by atoms with Crippen molar-refractivity contribution < 1.29 is 0 Å². The molecule has 0 heterocycles. The Bertz CT molecular complexity index is 1330. The summed E-state index contributed by atoms with van der Waals surface area (Å²) in [5.41, 5.74) is 11.6. The van der Waals surface area contributed by atoms with Crippen LogP contribution < -0.4 is 4.90 Å². The molecule has 0 aliphatic heterocycles. The summed E-state index contributed by atoms with van der Waals surface area (Å²) >= 11 is 0. The van der Waals surface area contributed by atoms with Gasteiger partial charge in [-0.15, -0.1) is 0 Å². The van der Waals surface area contributed by atoms with E-state index >= 15 is 0 Å². The van der Waals surface area contributed by atoms with Gasteiger partial charge in [-0.3, -0.25) is 0 Å². The summed E-state index contributed by atoms with van der Waals surface area (Å²) in [4.78, 5) is 2.29. The third-order valence-electron chi connectivity index (χ3n) is 6.29. The highest BCUT2D eigenvalue weighted by Gasteiger charge is 2.18. The van der Waals surface area contributed by atoms with Crippen molar-refractivity contribution in [3.8, 4) is 22.3 Å². The van der Waals surface area contributed by atoms with Gasteiger partial charge < -0.3 is 4.90 Å². The molecule has 152 valence electrons. The maximum Gasteiger partial charge on any atom is 0.0462 e. The van der Waals surface area contributed by atoms with Gasteiger partial charge in [-0.2, -0.15) is 0 Å². The molecule has 0 amide bonds. The fraction of sp³-hybridized carbons (Fsp3) is 0.0323. The number of hydrogen-bond donors (Lipinski definition) is 0. The molecular formula is C31H23N. The van der Waals surface area contributed by atoms with Gasteiger partial charge in [0.2, 0.25) is 0 Å². The molecule has 0 fully saturated rings. The maximum atomic E-state index is 2.35. The van der Waals surface area contributed by atoms with E-state index in [1.54, 1.807) is 0 Å². The smallest absolute Gasteiger partial charge is 0.0462 e. The van der Waals surface area contributed by atoms with Crippen LogP contribution in [-0.4, -0.2) is 0 Å². The van der Waals surface area contributed by atoms with Crippen molar-refractivity contribution in [3.63, 3.8) is 0 Å². The molecule has 0 saturated heterocycles. The molecule has 0 unspecified atom stereocenters. The molecule has 1 heteroatoms. The van der Waals surface area contributed by atoms with Crippen LogP contribution in [0.15, 0.2) is 127 Å². The van der Waals surface area contributed by atoms with Gasteiger partial charge >= 0.3 is 0 Å². The van der Waals surface area contributed by atoms with Crippen molar-refractivity contribution in [2.24, 2.45) is 0 Å². The van der Waals surface area contributed by atoms with E-state index in [2.05, 4.69) is 132 Å². The Labute approximate surface area is 189 Å². The summed E-state index contributed by atoms with van der Waals surface area (Å²) in [6.07, 6.45) is 1.04. The Morgan fingerprint density at radius 3 is 1.62 bits per heavy atom. The summed E-state index contributed by atoms with van der Waals surface area (Å²) in [7, 11) is 0. The molecule has 1 aliphatic carbocycles. The maximum absolute atomic E-state index is 2.35. The van der Waals surface area contributed by atoms with Gasteiger partial charge in [-0.1, -0.05) is 84.9 Å². The Balaban J connectivity index is 1.38. The van der Waals surface area contributed by atoms with Crippen LogP contribution in [-0.2, 0) is 6.42 Å². The van der Waals surface area contributed by atoms with Crippen molar-refractivity contribution in [3.05, 3.63) is 139 Å². The largest absolute Gasteiger partial charge is 0.311 e. The first-order valence-electron chi connectivity index (χ1n) is 11.1. The van der Waals surface area contributed by atoms with Crippen molar-refractivity contribution in [1.29, 1.82) is 0 Å². The number of rotatable bonds is 4. The quantitative estimate of drug-likeness (QED) is 0.282. The van der Waals surface area contributed by atoms with E-state index in [1.807, 2.05) is 0 Å². The minimum absolute atomic E-state index is 1.04. The minimum atomic E-state index is 1.04. The number of hydrogen-bond acceptors (Lipinski definition) is 1. The summed E-state index contributed by atoms with van der Waals surface area (Å²) < 4.78 is 0. The highest BCUT2D eigenvalue weighted by Crippen LogP contribution is 2.40. The molecule has 0 bridgehead atoms. The lowest BCUT2D eigenvalue weighted by molar-refractivity contribution is 1.26. The van der Waals surface area contributed by atoms with Gasteiger partial charge in [-0.05, 0) is 82.3 Å². The second kappa shape index (κ2) is 7.86. The van der Waals surface area contributed by atoms with Crippen LogP contribution in [0.1, 0.15) is 11.1 Å². The van der Waals surface area contributed by atoms with E-state index in [1.165, 1.54) is 33.4 Å². The zero-order valence-electron chi connectivity index (χ0n) is 17.8. The Morgan fingerprint density at radius 2 is 0.938 bits per heavy atom. The van der Waals surface area contributed by atoms with E-state index in [-0.39, 0.29) is 0 Å². The van der Waals surface area contributed by atoms with Gasteiger partial charge in [0.05, 0.1) is 0 Å². The molecule has 1 nitrogen and oxygen atoms in total. The average molecular weight is 410 g/mol. The third-order valence-corrected chi connectivity index (χ3v) is 6.29. The van der Waals surface area contributed by atoms with Crippen LogP contribution >= 0.6 is 0 Å². The number of fused-ring (bicyclic) bond motifs is 3. The first kappa shape index (κ1) is 18.7. The molecule has 0 spiro atoms. The predicted octanol–water partition coefficient (Wildman–Crippen LogP) is 8.39. The molecule has 0 aromatic heterocycles. The van der Waals surface area contributed by atoms with Crippen molar-refractivity contribution in [2.75, 3.05) is 4.90 Å². The van der Waals surface area contributed by atoms with Crippen LogP contribution in [0.5, 0.6) is 0 Å².